The van der Waals surface area contributed by atoms with Gasteiger partial charge in [-0.3, -0.25) is 14.5 Å². The molecule has 1 saturated heterocycles. The van der Waals surface area contributed by atoms with Crippen LogP contribution in [0.15, 0.2) is 78.9 Å². The van der Waals surface area contributed by atoms with Crippen LogP contribution in [0.2, 0.25) is 0 Å². The lowest BCUT2D eigenvalue weighted by Gasteiger charge is -2.33. The summed E-state index contributed by atoms with van der Waals surface area (Å²) >= 11 is 0. The van der Waals surface area contributed by atoms with Gasteiger partial charge in [0.2, 0.25) is 5.91 Å². The molecule has 2 aliphatic rings. The van der Waals surface area contributed by atoms with Crippen LogP contribution in [-0.2, 0) is 17.9 Å². The first kappa shape index (κ1) is 23.3. The Hall–Kier alpha value is -3.44. The van der Waals surface area contributed by atoms with E-state index < -0.39 is 0 Å². The van der Waals surface area contributed by atoms with Gasteiger partial charge in [0.1, 0.15) is 0 Å². The van der Waals surface area contributed by atoms with Gasteiger partial charge in [-0.1, -0.05) is 78.4 Å². The molecule has 3 aromatic carbocycles. The van der Waals surface area contributed by atoms with E-state index >= 15 is 0 Å². The number of carbonyl (C=O) groups is 2. The van der Waals surface area contributed by atoms with E-state index in [2.05, 4.69) is 46.6 Å². The van der Waals surface area contributed by atoms with Crippen LogP contribution in [0.5, 0.6) is 0 Å². The van der Waals surface area contributed by atoms with Crippen LogP contribution in [0.25, 0.3) is 0 Å². The molecular weight excluding hydrogens is 434 g/mol. The van der Waals surface area contributed by atoms with Crippen molar-refractivity contribution in [3.63, 3.8) is 0 Å². The SMILES string of the molecule is Cc1ccc(C(CC(=O)NC2CCN(Cc3ccccc3)CC2)N2Cc3ccccc3C2=O)cc1. The van der Waals surface area contributed by atoms with Crippen molar-refractivity contribution < 1.29 is 9.59 Å². The predicted molar refractivity (Wildman–Crippen MR) is 138 cm³/mol. The molecule has 2 heterocycles. The van der Waals surface area contributed by atoms with Crippen LogP contribution in [0, 0.1) is 6.92 Å². The zero-order chi connectivity index (χ0) is 24.2. The van der Waals surface area contributed by atoms with Crippen LogP contribution in [-0.4, -0.2) is 40.7 Å². The van der Waals surface area contributed by atoms with Gasteiger partial charge < -0.3 is 10.2 Å². The Labute approximate surface area is 207 Å². The number of piperidine rings is 1. The lowest BCUT2D eigenvalue weighted by Crippen LogP contribution is -2.45. The summed E-state index contributed by atoms with van der Waals surface area (Å²) in [5.74, 6) is 0.0223. The predicted octanol–water partition coefficient (Wildman–Crippen LogP) is 4.86. The van der Waals surface area contributed by atoms with Crippen molar-refractivity contribution in [1.29, 1.82) is 0 Å². The minimum Gasteiger partial charge on any atom is -0.353 e. The summed E-state index contributed by atoms with van der Waals surface area (Å²) in [4.78, 5) is 30.7. The summed E-state index contributed by atoms with van der Waals surface area (Å²) in [5.41, 5.74) is 5.27. The highest BCUT2D eigenvalue weighted by Gasteiger charge is 2.34. The molecule has 2 aliphatic heterocycles. The van der Waals surface area contributed by atoms with E-state index in [1.165, 1.54) is 5.56 Å². The molecule has 0 radical (unpaired) electrons. The fourth-order valence-corrected chi connectivity index (χ4v) is 5.26. The number of benzene rings is 3. The zero-order valence-corrected chi connectivity index (χ0v) is 20.3. The van der Waals surface area contributed by atoms with E-state index in [1.54, 1.807) is 0 Å². The highest BCUT2D eigenvalue weighted by atomic mass is 16.2. The Morgan fingerprint density at radius 2 is 1.63 bits per heavy atom. The topological polar surface area (TPSA) is 52.7 Å². The molecular formula is C30H33N3O2. The first-order chi connectivity index (χ1) is 17.1. The molecule has 1 N–H and O–H groups in total. The molecule has 1 unspecified atom stereocenters. The van der Waals surface area contributed by atoms with Crippen LogP contribution in [0.4, 0.5) is 0 Å². The van der Waals surface area contributed by atoms with E-state index in [-0.39, 0.29) is 30.3 Å². The van der Waals surface area contributed by atoms with Crippen LogP contribution in [0.1, 0.15) is 57.9 Å². The van der Waals surface area contributed by atoms with Gasteiger partial charge in [-0.25, -0.2) is 0 Å². The summed E-state index contributed by atoms with van der Waals surface area (Å²) in [6.45, 7) is 5.49. The van der Waals surface area contributed by atoms with Gasteiger partial charge in [0.15, 0.2) is 0 Å². The summed E-state index contributed by atoms with van der Waals surface area (Å²) in [5, 5.41) is 3.27. The number of likely N-dealkylation sites (tertiary alicyclic amines) is 1. The minimum atomic E-state index is -0.284. The van der Waals surface area contributed by atoms with Crippen molar-refractivity contribution >= 4 is 11.8 Å². The summed E-state index contributed by atoms with van der Waals surface area (Å²) in [6.07, 6.45) is 2.16. The third-order valence-corrected chi connectivity index (χ3v) is 7.27. The molecule has 0 aromatic heterocycles. The van der Waals surface area contributed by atoms with Gasteiger partial charge in [0.25, 0.3) is 5.91 Å². The largest absolute Gasteiger partial charge is 0.353 e. The van der Waals surface area contributed by atoms with Gasteiger partial charge in [-0.05, 0) is 42.5 Å². The average molecular weight is 468 g/mol. The van der Waals surface area contributed by atoms with Crippen molar-refractivity contribution in [2.45, 2.75) is 51.4 Å². The number of rotatable bonds is 7. The molecule has 180 valence electrons. The van der Waals surface area contributed by atoms with Crippen molar-refractivity contribution in [1.82, 2.24) is 15.1 Å². The molecule has 2 amide bonds. The Morgan fingerprint density at radius 3 is 2.34 bits per heavy atom. The zero-order valence-electron chi connectivity index (χ0n) is 20.3. The van der Waals surface area contributed by atoms with Crippen molar-refractivity contribution in [3.05, 3.63) is 107 Å². The standard InChI is InChI=1S/C30H33N3O2/c1-22-11-13-24(14-12-22)28(33-21-25-9-5-6-10-27(25)30(33)35)19-29(34)31-26-15-17-32(18-16-26)20-23-7-3-2-4-8-23/h2-14,26,28H,15-21H2,1H3,(H,31,34). The Kier molecular flexibility index (Phi) is 6.96. The smallest absolute Gasteiger partial charge is 0.255 e. The third kappa shape index (κ3) is 5.46. The highest BCUT2D eigenvalue weighted by Crippen LogP contribution is 2.33. The highest BCUT2D eigenvalue weighted by molar-refractivity contribution is 5.98. The fraction of sp³-hybridized carbons (Fsp3) is 0.333. The van der Waals surface area contributed by atoms with Gasteiger partial charge in [-0.15, -0.1) is 0 Å². The molecule has 5 nitrogen and oxygen atoms in total. The number of hydrogen-bond acceptors (Lipinski definition) is 3. The molecule has 0 spiro atoms. The summed E-state index contributed by atoms with van der Waals surface area (Å²) < 4.78 is 0. The molecule has 0 aliphatic carbocycles. The van der Waals surface area contributed by atoms with Crippen molar-refractivity contribution in [2.75, 3.05) is 13.1 Å². The maximum Gasteiger partial charge on any atom is 0.255 e. The van der Waals surface area contributed by atoms with Gasteiger partial charge in [0, 0.05) is 37.8 Å². The molecule has 0 saturated carbocycles. The quantitative estimate of drug-likeness (QED) is 0.540. The number of aryl methyl sites for hydroxylation is 1. The molecule has 1 atom stereocenters. The molecule has 5 heteroatoms. The number of hydrogen-bond donors (Lipinski definition) is 1. The maximum absolute atomic E-state index is 13.2. The summed E-state index contributed by atoms with van der Waals surface area (Å²) in [6, 6.07) is 26.4. The van der Waals surface area contributed by atoms with E-state index in [0.29, 0.717) is 6.54 Å². The first-order valence-electron chi connectivity index (χ1n) is 12.6. The molecule has 3 aromatic rings. The Morgan fingerprint density at radius 1 is 0.943 bits per heavy atom. The average Bonchev–Trinajstić information content (AvgIpc) is 3.21. The second-order valence-corrected chi connectivity index (χ2v) is 9.82. The van der Waals surface area contributed by atoms with Crippen LogP contribution >= 0.6 is 0 Å². The summed E-state index contributed by atoms with van der Waals surface area (Å²) in [7, 11) is 0. The number of carbonyl (C=O) groups excluding carboxylic acids is 2. The number of nitrogens with zero attached hydrogens (tertiary/aromatic N) is 2. The lowest BCUT2D eigenvalue weighted by atomic mass is 9.99. The molecule has 1 fully saturated rings. The van der Waals surface area contributed by atoms with Crippen LogP contribution in [0.3, 0.4) is 0 Å². The van der Waals surface area contributed by atoms with E-state index in [1.807, 2.05) is 54.3 Å². The van der Waals surface area contributed by atoms with Crippen molar-refractivity contribution in [2.24, 2.45) is 0 Å². The Balaban J connectivity index is 1.22. The Bertz CT molecular complexity index is 1170. The second kappa shape index (κ2) is 10.4. The minimum absolute atomic E-state index is 0.00759. The number of amides is 2. The van der Waals surface area contributed by atoms with Gasteiger partial charge >= 0.3 is 0 Å². The van der Waals surface area contributed by atoms with E-state index in [9.17, 15) is 9.59 Å². The van der Waals surface area contributed by atoms with Crippen LogP contribution < -0.4 is 5.32 Å². The normalized spacial score (nSPS) is 17.3. The molecule has 0 bridgehead atoms. The fourth-order valence-electron chi connectivity index (χ4n) is 5.26. The van der Waals surface area contributed by atoms with Gasteiger partial charge in [-0.2, -0.15) is 0 Å². The van der Waals surface area contributed by atoms with Gasteiger partial charge in [0.05, 0.1) is 12.5 Å². The van der Waals surface area contributed by atoms with E-state index in [4.69, 9.17) is 0 Å². The number of nitrogens with one attached hydrogen (secondary N) is 1. The second-order valence-electron chi connectivity index (χ2n) is 9.82. The third-order valence-electron chi connectivity index (χ3n) is 7.27. The molecule has 5 rings (SSSR count). The lowest BCUT2D eigenvalue weighted by molar-refractivity contribution is -0.123. The van der Waals surface area contributed by atoms with Crippen molar-refractivity contribution in [3.8, 4) is 0 Å². The monoisotopic (exact) mass is 467 g/mol. The first-order valence-corrected chi connectivity index (χ1v) is 12.6. The molecule has 35 heavy (non-hydrogen) atoms. The maximum atomic E-state index is 13.2. The van der Waals surface area contributed by atoms with E-state index in [0.717, 1.165) is 54.7 Å². The number of fused-ring (bicyclic) bond motifs is 1.